The van der Waals surface area contributed by atoms with Crippen LogP contribution in [0.15, 0.2) is 34.1 Å². The molecule has 1 aromatic rings. The van der Waals surface area contributed by atoms with Crippen LogP contribution in [-0.2, 0) is 20.0 Å². The molecule has 25 heavy (non-hydrogen) atoms. The summed E-state index contributed by atoms with van der Waals surface area (Å²) in [5, 5.41) is 0. The summed E-state index contributed by atoms with van der Waals surface area (Å²) >= 11 is 0. The Morgan fingerprint density at radius 1 is 0.880 bits per heavy atom. The number of hydrogen-bond donors (Lipinski definition) is 1. The first-order chi connectivity index (χ1) is 11.8. The largest absolute Gasteiger partial charge is 0.243 e. The topological polar surface area (TPSA) is 83.5 Å². The number of nitrogens with one attached hydrogen (secondary N) is 1. The van der Waals surface area contributed by atoms with Crippen LogP contribution in [0.3, 0.4) is 0 Å². The second-order valence-electron chi connectivity index (χ2n) is 7.07. The summed E-state index contributed by atoms with van der Waals surface area (Å²) in [6.45, 7) is 3.13. The summed E-state index contributed by atoms with van der Waals surface area (Å²) in [4.78, 5) is 0.269. The van der Waals surface area contributed by atoms with E-state index in [2.05, 4.69) is 11.6 Å². The van der Waals surface area contributed by atoms with Crippen molar-refractivity contribution in [2.45, 2.75) is 61.3 Å². The molecule has 0 spiro atoms. The molecule has 3 rings (SSSR count). The second-order valence-corrected chi connectivity index (χ2v) is 10.7. The minimum absolute atomic E-state index is 0.0493. The predicted molar refractivity (Wildman–Crippen MR) is 96.2 cm³/mol. The summed E-state index contributed by atoms with van der Waals surface area (Å²) < 4.78 is 54.5. The fourth-order valence-corrected chi connectivity index (χ4v) is 6.52. The quantitative estimate of drug-likeness (QED) is 0.842. The second kappa shape index (κ2) is 7.34. The highest BCUT2D eigenvalue weighted by Gasteiger charge is 2.29. The number of sulfonamides is 2. The van der Waals surface area contributed by atoms with Crippen LogP contribution in [0.2, 0.25) is 0 Å². The molecule has 2 atom stereocenters. The molecule has 1 heterocycles. The molecule has 8 heteroatoms. The first kappa shape index (κ1) is 18.8. The molecule has 2 aliphatic rings. The smallest absolute Gasteiger partial charge is 0.208 e. The van der Waals surface area contributed by atoms with Crippen molar-refractivity contribution in [1.29, 1.82) is 0 Å². The van der Waals surface area contributed by atoms with E-state index in [9.17, 15) is 16.8 Å². The van der Waals surface area contributed by atoms with E-state index in [0.717, 1.165) is 38.5 Å². The summed E-state index contributed by atoms with van der Waals surface area (Å²) in [7, 11) is -7.15. The molecule has 0 amide bonds. The summed E-state index contributed by atoms with van der Waals surface area (Å²) in [5.74, 6) is 0.318. The number of benzene rings is 1. The molecule has 1 N–H and O–H groups in total. The minimum atomic E-state index is -3.63. The number of nitrogens with zero attached hydrogens (tertiary/aromatic N) is 1. The third-order valence-corrected chi connectivity index (χ3v) is 8.67. The first-order valence-electron chi connectivity index (χ1n) is 8.93. The average molecular weight is 387 g/mol. The van der Waals surface area contributed by atoms with Crippen molar-refractivity contribution in [3.8, 4) is 0 Å². The van der Waals surface area contributed by atoms with Gasteiger partial charge in [0.25, 0.3) is 0 Å². The molecular formula is C17H26N2O4S2. The van der Waals surface area contributed by atoms with E-state index >= 15 is 0 Å². The van der Waals surface area contributed by atoms with Crippen molar-refractivity contribution in [1.82, 2.24) is 9.03 Å². The zero-order chi connectivity index (χ0) is 18.1. The Morgan fingerprint density at radius 2 is 1.44 bits per heavy atom. The van der Waals surface area contributed by atoms with Crippen LogP contribution in [0.5, 0.6) is 0 Å². The molecule has 6 nitrogen and oxygen atoms in total. The maximum Gasteiger partial charge on any atom is 0.243 e. The van der Waals surface area contributed by atoms with E-state index < -0.39 is 20.0 Å². The zero-order valence-electron chi connectivity index (χ0n) is 14.5. The maximum atomic E-state index is 12.6. The van der Waals surface area contributed by atoms with Gasteiger partial charge >= 0.3 is 0 Å². The van der Waals surface area contributed by atoms with Gasteiger partial charge in [0.15, 0.2) is 0 Å². The molecule has 0 aromatic heterocycles. The molecule has 140 valence electrons. The molecule has 2 fully saturated rings. The van der Waals surface area contributed by atoms with Gasteiger partial charge < -0.3 is 0 Å². The summed E-state index contributed by atoms with van der Waals surface area (Å²) in [6, 6.07) is 5.52. The lowest BCUT2D eigenvalue weighted by Crippen LogP contribution is -2.40. The Morgan fingerprint density at radius 3 is 2.04 bits per heavy atom. The molecule has 1 aliphatic heterocycles. The monoisotopic (exact) mass is 386 g/mol. The van der Waals surface area contributed by atoms with Crippen LogP contribution in [0, 0.1) is 5.92 Å². The van der Waals surface area contributed by atoms with Crippen LogP contribution in [0.1, 0.15) is 45.4 Å². The highest BCUT2D eigenvalue weighted by Crippen LogP contribution is 2.26. The van der Waals surface area contributed by atoms with E-state index in [-0.39, 0.29) is 15.8 Å². The molecular weight excluding hydrogens is 360 g/mol. The summed E-state index contributed by atoms with van der Waals surface area (Å²) in [5.41, 5.74) is 0. The highest BCUT2D eigenvalue weighted by molar-refractivity contribution is 7.89. The molecule has 0 bridgehead atoms. The molecule has 0 radical (unpaired) electrons. The van der Waals surface area contributed by atoms with Gasteiger partial charge in [-0.05, 0) is 55.9 Å². The third kappa shape index (κ3) is 4.07. The average Bonchev–Trinajstić information content (AvgIpc) is 3.12. The van der Waals surface area contributed by atoms with Crippen molar-refractivity contribution in [2.75, 3.05) is 13.1 Å². The van der Waals surface area contributed by atoms with E-state index in [1.54, 1.807) is 0 Å². The number of rotatable bonds is 5. The molecule has 1 aromatic carbocycles. The van der Waals surface area contributed by atoms with Gasteiger partial charge in [0.1, 0.15) is 0 Å². The fourth-order valence-electron chi connectivity index (χ4n) is 3.63. The van der Waals surface area contributed by atoms with E-state index in [1.807, 2.05) is 0 Å². The van der Waals surface area contributed by atoms with Crippen LogP contribution in [-0.4, -0.2) is 40.3 Å². The van der Waals surface area contributed by atoms with Gasteiger partial charge in [0, 0.05) is 19.1 Å². The Kier molecular flexibility index (Phi) is 5.53. The van der Waals surface area contributed by atoms with E-state index in [0.29, 0.717) is 19.0 Å². The fraction of sp³-hybridized carbons (Fsp3) is 0.647. The maximum absolute atomic E-state index is 12.6. The zero-order valence-corrected chi connectivity index (χ0v) is 16.2. The van der Waals surface area contributed by atoms with Crippen LogP contribution in [0.25, 0.3) is 0 Å². The van der Waals surface area contributed by atoms with Gasteiger partial charge in [-0.3, -0.25) is 0 Å². The number of hydrogen-bond acceptors (Lipinski definition) is 4. The van der Waals surface area contributed by atoms with Crippen LogP contribution in [0.4, 0.5) is 0 Å². The molecule has 0 unspecified atom stereocenters. The highest BCUT2D eigenvalue weighted by atomic mass is 32.2. The van der Waals surface area contributed by atoms with Crippen LogP contribution < -0.4 is 4.72 Å². The van der Waals surface area contributed by atoms with Crippen molar-refractivity contribution >= 4 is 20.0 Å². The van der Waals surface area contributed by atoms with Crippen molar-refractivity contribution in [2.24, 2.45) is 5.92 Å². The Labute approximate surface area is 150 Å². The normalized spacial score (nSPS) is 26.0. The SMILES string of the molecule is C[C@@H]1CCCC[C@H]1NS(=O)(=O)c1ccc(S(=O)(=O)N2CCCC2)cc1. The van der Waals surface area contributed by atoms with Crippen molar-refractivity contribution in [3.05, 3.63) is 24.3 Å². The van der Waals surface area contributed by atoms with Crippen molar-refractivity contribution in [3.63, 3.8) is 0 Å². The molecule has 1 aliphatic carbocycles. The Balaban J connectivity index is 1.77. The van der Waals surface area contributed by atoms with Gasteiger partial charge in [-0.2, -0.15) is 4.31 Å². The lowest BCUT2D eigenvalue weighted by atomic mass is 9.87. The molecule has 1 saturated heterocycles. The van der Waals surface area contributed by atoms with Gasteiger partial charge in [0.05, 0.1) is 9.79 Å². The first-order valence-corrected chi connectivity index (χ1v) is 11.9. The predicted octanol–water partition coefficient (Wildman–Crippen LogP) is 2.33. The van der Waals surface area contributed by atoms with Gasteiger partial charge in [0.2, 0.25) is 20.0 Å². The Hall–Kier alpha value is -0.960. The third-order valence-electron chi connectivity index (χ3n) is 5.25. The van der Waals surface area contributed by atoms with E-state index in [4.69, 9.17) is 0 Å². The standard InChI is InChI=1S/C17H26N2O4S2/c1-14-6-2-3-7-17(14)18-24(20,21)15-8-10-16(11-9-15)25(22,23)19-12-4-5-13-19/h8-11,14,17-18H,2-7,12-13H2,1H3/t14-,17-/m1/s1. The lowest BCUT2D eigenvalue weighted by Gasteiger charge is -2.29. The van der Waals surface area contributed by atoms with Gasteiger partial charge in [-0.15, -0.1) is 0 Å². The Bertz CT molecular complexity index is 798. The van der Waals surface area contributed by atoms with E-state index in [1.165, 1.54) is 28.6 Å². The van der Waals surface area contributed by atoms with Crippen molar-refractivity contribution < 1.29 is 16.8 Å². The van der Waals surface area contributed by atoms with Gasteiger partial charge in [-0.1, -0.05) is 19.8 Å². The summed E-state index contributed by atoms with van der Waals surface area (Å²) in [6.07, 6.45) is 5.79. The van der Waals surface area contributed by atoms with Gasteiger partial charge in [-0.25, -0.2) is 21.6 Å². The van der Waals surface area contributed by atoms with Crippen LogP contribution >= 0.6 is 0 Å². The lowest BCUT2D eigenvalue weighted by molar-refractivity contribution is 0.310. The molecule has 1 saturated carbocycles. The minimum Gasteiger partial charge on any atom is -0.208 e.